The molecular formula is C30H40O6Si. The SMILES string of the molecule is COCO[C@H]([C@H]1C[C@@H]1[C@H](O[Si](c1ccccc1)(c1ccccc1)C(C)(C)C)[C@H]1CC=CC(=O)O1)[C@@H](C)O. The predicted molar refractivity (Wildman–Crippen MR) is 146 cm³/mol. The van der Waals surface area contributed by atoms with Crippen LogP contribution in [0.25, 0.3) is 0 Å². The maximum atomic E-state index is 12.4. The van der Waals surface area contributed by atoms with Gasteiger partial charge in [0.2, 0.25) is 0 Å². The number of hydrogen-bond acceptors (Lipinski definition) is 6. The van der Waals surface area contributed by atoms with E-state index in [0.29, 0.717) is 6.42 Å². The zero-order chi connectivity index (χ0) is 26.6. The van der Waals surface area contributed by atoms with E-state index in [9.17, 15) is 9.90 Å². The first kappa shape index (κ1) is 27.7. The van der Waals surface area contributed by atoms with Crippen molar-refractivity contribution in [1.82, 2.24) is 0 Å². The van der Waals surface area contributed by atoms with Crippen LogP contribution in [0.5, 0.6) is 0 Å². The lowest BCUT2D eigenvalue weighted by molar-refractivity contribution is -0.151. The Morgan fingerprint density at radius 3 is 2.11 bits per heavy atom. The molecule has 0 saturated heterocycles. The van der Waals surface area contributed by atoms with Gasteiger partial charge < -0.3 is 23.7 Å². The van der Waals surface area contributed by atoms with E-state index >= 15 is 0 Å². The Kier molecular flexibility index (Phi) is 8.71. The van der Waals surface area contributed by atoms with Gasteiger partial charge in [-0.2, -0.15) is 0 Å². The maximum absolute atomic E-state index is 12.4. The maximum Gasteiger partial charge on any atom is 0.330 e. The third-order valence-corrected chi connectivity index (χ3v) is 12.6. The highest BCUT2D eigenvalue weighted by atomic mass is 28.4. The van der Waals surface area contributed by atoms with E-state index in [0.717, 1.165) is 6.42 Å². The molecule has 0 unspecified atom stereocenters. The summed E-state index contributed by atoms with van der Waals surface area (Å²) >= 11 is 0. The molecule has 0 spiro atoms. The number of rotatable bonds is 11. The predicted octanol–water partition coefficient (Wildman–Crippen LogP) is 3.81. The number of benzene rings is 2. The van der Waals surface area contributed by atoms with Crippen LogP contribution < -0.4 is 10.4 Å². The van der Waals surface area contributed by atoms with Crippen LogP contribution in [-0.4, -0.2) is 57.7 Å². The van der Waals surface area contributed by atoms with Gasteiger partial charge in [0.15, 0.2) is 0 Å². The van der Waals surface area contributed by atoms with E-state index in [1.807, 2.05) is 18.2 Å². The van der Waals surface area contributed by atoms with Crippen molar-refractivity contribution in [2.75, 3.05) is 13.9 Å². The second-order valence-electron chi connectivity index (χ2n) is 11.2. The molecule has 0 amide bonds. The smallest absolute Gasteiger partial charge is 0.330 e. The second-order valence-corrected chi connectivity index (χ2v) is 15.5. The number of methoxy groups -OCH3 is 1. The third kappa shape index (κ3) is 5.91. The van der Waals surface area contributed by atoms with Crippen LogP contribution in [0.2, 0.25) is 5.04 Å². The monoisotopic (exact) mass is 524 g/mol. The van der Waals surface area contributed by atoms with E-state index in [1.165, 1.54) is 16.4 Å². The van der Waals surface area contributed by atoms with Gasteiger partial charge in [-0.3, -0.25) is 0 Å². The minimum absolute atomic E-state index is 0.0717. The van der Waals surface area contributed by atoms with Crippen LogP contribution in [0.4, 0.5) is 0 Å². The Bertz CT molecular complexity index is 1010. The quantitative estimate of drug-likeness (QED) is 0.274. The molecule has 2 aromatic carbocycles. The van der Waals surface area contributed by atoms with Crippen LogP contribution in [0.15, 0.2) is 72.8 Å². The molecule has 0 bridgehead atoms. The van der Waals surface area contributed by atoms with Crippen LogP contribution in [0.1, 0.15) is 40.5 Å². The van der Waals surface area contributed by atoms with Gasteiger partial charge in [0, 0.05) is 19.6 Å². The molecule has 0 aromatic heterocycles. The summed E-state index contributed by atoms with van der Waals surface area (Å²) in [4.78, 5) is 12.4. The Morgan fingerprint density at radius 1 is 1.03 bits per heavy atom. The van der Waals surface area contributed by atoms with Crippen molar-refractivity contribution >= 4 is 24.7 Å². The largest absolute Gasteiger partial charge is 0.456 e. The van der Waals surface area contributed by atoms with Crippen molar-refractivity contribution in [2.45, 2.75) is 70.0 Å². The fraction of sp³-hybridized carbons (Fsp3) is 0.500. The molecule has 1 heterocycles. The van der Waals surface area contributed by atoms with Crippen molar-refractivity contribution in [3.8, 4) is 0 Å². The Hall–Kier alpha value is -2.29. The van der Waals surface area contributed by atoms with Gasteiger partial charge in [-0.05, 0) is 40.6 Å². The fourth-order valence-corrected chi connectivity index (χ4v) is 10.6. The summed E-state index contributed by atoms with van der Waals surface area (Å²) in [6, 6.07) is 21.0. The first-order valence-electron chi connectivity index (χ1n) is 13.1. The van der Waals surface area contributed by atoms with Crippen LogP contribution in [-0.2, 0) is 23.4 Å². The van der Waals surface area contributed by atoms with Gasteiger partial charge in [-0.15, -0.1) is 0 Å². The van der Waals surface area contributed by atoms with E-state index in [1.54, 1.807) is 14.0 Å². The van der Waals surface area contributed by atoms with E-state index in [2.05, 4.69) is 69.3 Å². The number of esters is 1. The van der Waals surface area contributed by atoms with Crippen LogP contribution >= 0.6 is 0 Å². The van der Waals surface area contributed by atoms with Gasteiger partial charge in [0.25, 0.3) is 8.32 Å². The minimum Gasteiger partial charge on any atom is -0.456 e. The number of ether oxygens (including phenoxy) is 3. The highest BCUT2D eigenvalue weighted by Crippen LogP contribution is 2.51. The van der Waals surface area contributed by atoms with E-state index < -0.39 is 20.5 Å². The van der Waals surface area contributed by atoms with Gasteiger partial charge in [0.05, 0.1) is 18.3 Å². The summed E-state index contributed by atoms with van der Waals surface area (Å²) in [5.41, 5.74) is 0. The molecule has 1 N–H and O–H groups in total. The number of cyclic esters (lactones) is 1. The van der Waals surface area contributed by atoms with Gasteiger partial charge in [0.1, 0.15) is 12.9 Å². The molecule has 2 aromatic rings. The molecule has 0 radical (unpaired) electrons. The molecular weight excluding hydrogens is 484 g/mol. The molecule has 1 saturated carbocycles. The average Bonchev–Trinajstić information content (AvgIpc) is 3.65. The first-order chi connectivity index (χ1) is 17.7. The fourth-order valence-electron chi connectivity index (χ4n) is 5.83. The lowest BCUT2D eigenvalue weighted by Gasteiger charge is -2.46. The van der Waals surface area contributed by atoms with Crippen molar-refractivity contribution in [3.63, 3.8) is 0 Å². The topological polar surface area (TPSA) is 74.2 Å². The zero-order valence-electron chi connectivity index (χ0n) is 22.5. The van der Waals surface area contributed by atoms with Crippen molar-refractivity contribution < 1.29 is 28.5 Å². The van der Waals surface area contributed by atoms with E-state index in [4.69, 9.17) is 18.6 Å². The summed E-state index contributed by atoms with van der Waals surface area (Å²) in [7, 11) is -1.33. The summed E-state index contributed by atoms with van der Waals surface area (Å²) < 4.78 is 24.4. The van der Waals surface area contributed by atoms with Gasteiger partial charge >= 0.3 is 5.97 Å². The molecule has 1 aliphatic heterocycles. The summed E-state index contributed by atoms with van der Waals surface area (Å²) in [6.07, 6.45) is 2.97. The van der Waals surface area contributed by atoms with Crippen molar-refractivity contribution in [3.05, 3.63) is 72.8 Å². The van der Waals surface area contributed by atoms with Crippen LogP contribution in [0, 0.1) is 11.8 Å². The normalized spacial score (nSPS) is 24.3. The Balaban J connectivity index is 1.79. The lowest BCUT2D eigenvalue weighted by Crippen LogP contribution is -2.69. The molecule has 6 atom stereocenters. The Labute approximate surface area is 221 Å². The average molecular weight is 525 g/mol. The molecule has 2 aliphatic rings. The number of aliphatic hydroxyl groups is 1. The number of carbonyl (C=O) groups is 1. The van der Waals surface area contributed by atoms with E-state index in [-0.39, 0.29) is 41.8 Å². The molecule has 200 valence electrons. The summed E-state index contributed by atoms with van der Waals surface area (Å²) in [5.74, 6) is -0.197. The van der Waals surface area contributed by atoms with Crippen molar-refractivity contribution in [2.24, 2.45) is 11.8 Å². The highest BCUT2D eigenvalue weighted by Gasteiger charge is 2.58. The third-order valence-electron chi connectivity index (χ3n) is 7.57. The molecule has 37 heavy (non-hydrogen) atoms. The van der Waals surface area contributed by atoms with Crippen LogP contribution in [0.3, 0.4) is 0 Å². The molecule has 1 aliphatic carbocycles. The molecule has 6 nitrogen and oxygen atoms in total. The van der Waals surface area contributed by atoms with Gasteiger partial charge in [-0.25, -0.2) is 4.79 Å². The van der Waals surface area contributed by atoms with Gasteiger partial charge in [-0.1, -0.05) is 87.5 Å². The lowest BCUT2D eigenvalue weighted by atomic mass is 10.00. The summed E-state index contributed by atoms with van der Waals surface area (Å²) in [6.45, 7) is 8.59. The number of aliphatic hydroxyl groups excluding tert-OH is 1. The molecule has 4 rings (SSSR count). The zero-order valence-corrected chi connectivity index (χ0v) is 23.5. The molecule has 1 fully saturated rings. The standard InChI is InChI=1S/C30H40O6Si/c1-21(31)28(34-20-33-5)24-19-25(24)29(26-17-12-18-27(32)35-26)36-37(30(2,3)4,22-13-8-6-9-14-22)23-15-10-7-11-16-23/h6-16,18,21,24-26,28-29,31H,17,19-20H2,1-5H3/t21-,24+,25+,26-,28+,29+/m1/s1. The molecule has 7 heteroatoms. The second kappa shape index (κ2) is 11.6. The minimum atomic E-state index is -2.90. The number of carbonyl (C=O) groups excluding carboxylic acids is 1. The number of hydrogen-bond donors (Lipinski definition) is 1. The first-order valence-corrected chi connectivity index (χ1v) is 15.0. The summed E-state index contributed by atoms with van der Waals surface area (Å²) in [5, 5.41) is 12.6. The Morgan fingerprint density at radius 2 is 1.62 bits per heavy atom. The van der Waals surface area contributed by atoms with Crippen molar-refractivity contribution in [1.29, 1.82) is 0 Å². The highest BCUT2D eigenvalue weighted by molar-refractivity contribution is 6.99.